The van der Waals surface area contributed by atoms with E-state index in [1.807, 2.05) is 12.1 Å². The van der Waals surface area contributed by atoms with Crippen LogP contribution >= 0.6 is 35.3 Å². The van der Waals surface area contributed by atoms with Crippen LogP contribution in [0.5, 0.6) is 5.75 Å². The van der Waals surface area contributed by atoms with Crippen molar-refractivity contribution in [1.82, 2.24) is 10.6 Å². The molecule has 0 atom stereocenters. The highest BCUT2D eigenvalue weighted by Crippen LogP contribution is 2.10. The van der Waals surface area contributed by atoms with Crippen LogP contribution < -0.4 is 10.6 Å². The highest BCUT2D eigenvalue weighted by molar-refractivity contribution is 14.0. The van der Waals surface area contributed by atoms with E-state index in [2.05, 4.69) is 39.4 Å². The summed E-state index contributed by atoms with van der Waals surface area (Å²) in [5, 5.41) is 20.1. The number of aliphatic imine (C=N–C) groups is 1. The first-order valence-corrected chi connectivity index (χ1v) is 8.53. The van der Waals surface area contributed by atoms with Gasteiger partial charge in [0.05, 0.1) is 6.54 Å². The minimum atomic E-state index is 0. The summed E-state index contributed by atoms with van der Waals surface area (Å²) >= 11 is 1.70. The molecule has 0 aliphatic rings. The maximum Gasteiger partial charge on any atom is 0.191 e. The first-order chi connectivity index (χ1) is 10.8. The van der Waals surface area contributed by atoms with Crippen molar-refractivity contribution in [3.05, 3.63) is 52.2 Å². The number of phenolic OH excluding ortho intramolecular Hbond substituents is 1. The van der Waals surface area contributed by atoms with Gasteiger partial charge in [-0.25, -0.2) is 4.99 Å². The van der Waals surface area contributed by atoms with Crippen LogP contribution in [-0.2, 0) is 13.0 Å². The fourth-order valence-corrected chi connectivity index (χ4v) is 2.72. The van der Waals surface area contributed by atoms with E-state index in [4.69, 9.17) is 0 Å². The Morgan fingerprint density at radius 2 is 1.91 bits per heavy atom. The normalized spacial score (nSPS) is 10.9. The molecule has 0 saturated heterocycles. The van der Waals surface area contributed by atoms with Crippen LogP contribution in [0, 0.1) is 0 Å². The van der Waals surface area contributed by atoms with Gasteiger partial charge in [0.1, 0.15) is 5.75 Å². The molecule has 0 radical (unpaired) electrons. The molecular formula is C17H24IN3OS. The van der Waals surface area contributed by atoms with Gasteiger partial charge in [-0.15, -0.1) is 24.0 Å². The number of nitrogens with zero attached hydrogens (tertiary/aromatic N) is 1. The molecule has 6 heteroatoms. The predicted octanol–water partition coefficient (Wildman–Crippen LogP) is 3.76. The van der Waals surface area contributed by atoms with Crippen molar-refractivity contribution in [2.24, 2.45) is 4.99 Å². The fraction of sp³-hybridized carbons (Fsp3) is 0.353. The van der Waals surface area contributed by atoms with Gasteiger partial charge in [-0.2, -0.15) is 11.3 Å². The smallest absolute Gasteiger partial charge is 0.191 e. The Labute approximate surface area is 159 Å². The van der Waals surface area contributed by atoms with Crippen LogP contribution in [0.25, 0.3) is 0 Å². The summed E-state index contributed by atoms with van der Waals surface area (Å²) in [5.41, 5.74) is 2.48. The lowest BCUT2D eigenvalue weighted by Gasteiger charge is -2.11. The number of aryl methyl sites for hydroxylation is 1. The van der Waals surface area contributed by atoms with Crippen LogP contribution in [0.4, 0.5) is 0 Å². The zero-order valence-corrected chi connectivity index (χ0v) is 16.4. The second kappa shape index (κ2) is 11.3. The average molecular weight is 445 g/mol. The standard InChI is InChI=1S/C17H23N3OS.HI/c1-2-18-17(20-12-15-9-11-22-13-15)19-10-3-4-14-5-7-16(21)8-6-14;/h5-9,11,13,21H,2-4,10,12H2,1H3,(H2,18,19,20);1H. The summed E-state index contributed by atoms with van der Waals surface area (Å²) in [6.07, 6.45) is 2.00. The van der Waals surface area contributed by atoms with Gasteiger partial charge in [-0.3, -0.25) is 0 Å². The molecule has 0 bridgehead atoms. The molecule has 1 aromatic heterocycles. The molecule has 0 fully saturated rings. The molecule has 23 heavy (non-hydrogen) atoms. The van der Waals surface area contributed by atoms with Crippen LogP contribution in [0.3, 0.4) is 0 Å². The molecular weight excluding hydrogens is 421 g/mol. The Morgan fingerprint density at radius 1 is 1.13 bits per heavy atom. The van der Waals surface area contributed by atoms with Gasteiger partial charge in [0.2, 0.25) is 0 Å². The molecule has 0 saturated carbocycles. The zero-order valence-electron chi connectivity index (χ0n) is 13.3. The van der Waals surface area contributed by atoms with Gasteiger partial charge in [-0.05, 0) is 59.9 Å². The number of guanidine groups is 1. The van der Waals surface area contributed by atoms with Crippen LogP contribution in [0.2, 0.25) is 0 Å². The van der Waals surface area contributed by atoms with E-state index in [0.717, 1.165) is 31.9 Å². The first kappa shape index (κ1) is 19.8. The summed E-state index contributed by atoms with van der Waals surface area (Å²) in [6.45, 7) is 4.50. The molecule has 1 aromatic carbocycles. The van der Waals surface area contributed by atoms with E-state index >= 15 is 0 Å². The van der Waals surface area contributed by atoms with Crippen molar-refractivity contribution >= 4 is 41.3 Å². The fourth-order valence-electron chi connectivity index (χ4n) is 2.06. The maximum absolute atomic E-state index is 9.26. The highest BCUT2D eigenvalue weighted by Gasteiger charge is 1.99. The van der Waals surface area contributed by atoms with Gasteiger partial charge in [-0.1, -0.05) is 12.1 Å². The minimum absolute atomic E-state index is 0. The number of thiophene rings is 1. The third-order valence-electron chi connectivity index (χ3n) is 3.22. The van der Waals surface area contributed by atoms with Gasteiger partial charge in [0.25, 0.3) is 0 Å². The lowest BCUT2D eigenvalue weighted by atomic mass is 10.1. The van der Waals surface area contributed by atoms with Crippen molar-refractivity contribution in [3.8, 4) is 5.75 Å². The Kier molecular flexibility index (Phi) is 9.70. The number of aromatic hydroxyl groups is 1. The van der Waals surface area contributed by atoms with E-state index in [1.165, 1.54) is 11.1 Å². The maximum atomic E-state index is 9.26. The Morgan fingerprint density at radius 3 is 2.57 bits per heavy atom. The van der Waals surface area contributed by atoms with E-state index in [0.29, 0.717) is 12.3 Å². The average Bonchev–Trinajstić information content (AvgIpc) is 3.04. The number of nitrogens with one attached hydrogen (secondary N) is 2. The van der Waals surface area contributed by atoms with Crippen LogP contribution in [-0.4, -0.2) is 24.2 Å². The molecule has 2 rings (SSSR count). The van der Waals surface area contributed by atoms with Crippen molar-refractivity contribution in [1.29, 1.82) is 0 Å². The molecule has 3 N–H and O–H groups in total. The highest BCUT2D eigenvalue weighted by atomic mass is 127. The van der Waals surface area contributed by atoms with Gasteiger partial charge in [0.15, 0.2) is 5.96 Å². The van der Waals surface area contributed by atoms with Crippen molar-refractivity contribution in [2.75, 3.05) is 13.1 Å². The number of hydrogen-bond donors (Lipinski definition) is 3. The third-order valence-corrected chi connectivity index (χ3v) is 3.95. The van der Waals surface area contributed by atoms with Crippen molar-refractivity contribution in [2.45, 2.75) is 26.3 Å². The monoisotopic (exact) mass is 445 g/mol. The number of halogens is 1. The van der Waals surface area contributed by atoms with Crippen LogP contribution in [0.1, 0.15) is 24.5 Å². The summed E-state index contributed by atoms with van der Waals surface area (Å²) in [7, 11) is 0. The molecule has 0 aliphatic carbocycles. The molecule has 4 nitrogen and oxygen atoms in total. The first-order valence-electron chi connectivity index (χ1n) is 7.59. The molecule has 126 valence electrons. The molecule has 0 unspecified atom stereocenters. The Hall–Kier alpha value is -1.28. The van der Waals surface area contributed by atoms with E-state index in [-0.39, 0.29) is 24.0 Å². The minimum Gasteiger partial charge on any atom is -0.508 e. The van der Waals surface area contributed by atoms with Crippen LogP contribution in [0.15, 0.2) is 46.1 Å². The topological polar surface area (TPSA) is 56.7 Å². The lowest BCUT2D eigenvalue weighted by molar-refractivity contribution is 0.475. The van der Waals surface area contributed by atoms with E-state index in [9.17, 15) is 5.11 Å². The predicted molar refractivity (Wildman–Crippen MR) is 109 cm³/mol. The van der Waals surface area contributed by atoms with Crippen molar-refractivity contribution < 1.29 is 5.11 Å². The third kappa shape index (κ3) is 7.69. The molecule has 2 aromatic rings. The Balaban J connectivity index is 0.00000264. The number of hydrogen-bond acceptors (Lipinski definition) is 3. The number of benzene rings is 1. The molecule has 0 aliphatic heterocycles. The largest absolute Gasteiger partial charge is 0.508 e. The van der Waals surface area contributed by atoms with Gasteiger partial charge >= 0.3 is 0 Å². The summed E-state index contributed by atoms with van der Waals surface area (Å²) < 4.78 is 0. The number of rotatable bonds is 7. The Bertz CT molecular complexity index is 570. The zero-order chi connectivity index (χ0) is 15.6. The number of phenols is 1. The van der Waals surface area contributed by atoms with Gasteiger partial charge in [0, 0.05) is 13.1 Å². The summed E-state index contributed by atoms with van der Waals surface area (Å²) in [4.78, 5) is 4.58. The quantitative estimate of drug-likeness (QED) is 0.263. The molecule has 0 amide bonds. The molecule has 1 heterocycles. The second-order valence-electron chi connectivity index (χ2n) is 5.02. The van der Waals surface area contributed by atoms with Crippen molar-refractivity contribution in [3.63, 3.8) is 0 Å². The van der Waals surface area contributed by atoms with E-state index in [1.54, 1.807) is 23.5 Å². The van der Waals surface area contributed by atoms with E-state index < -0.39 is 0 Å². The lowest BCUT2D eigenvalue weighted by Crippen LogP contribution is -2.37. The summed E-state index contributed by atoms with van der Waals surface area (Å²) in [6, 6.07) is 9.49. The summed E-state index contributed by atoms with van der Waals surface area (Å²) in [5.74, 6) is 1.18. The molecule has 0 spiro atoms. The van der Waals surface area contributed by atoms with Gasteiger partial charge < -0.3 is 15.7 Å². The SMILES string of the molecule is CCNC(=NCc1ccsc1)NCCCc1ccc(O)cc1.I. The second-order valence-corrected chi connectivity index (χ2v) is 5.80.